The molecule has 3 nitrogen and oxygen atoms in total. The molecule has 0 atom stereocenters. The zero-order valence-corrected chi connectivity index (χ0v) is 13.1. The maximum atomic E-state index is 6.12. The molecule has 21 heavy (non-hydrogen) atoms. The lowest BCUT2D eigenvalue weighted by molar-refractivity contribution is 0.587. The van der Waals surface area contributed by atoms with Crippen LogP contribution >= 0.6 is 0 Å². The van der Waals surface area contributed by atoms with Crippen molar-refractivity contribution in [2.24, 2.45) is 0 Å². The molecule has 2 N–H and O–H groups in total. The molecule has 3 rings (SSSR count). The standard InChI is InChI=1S/C18H23N3/c1-18(2,3)14-7-8-17(20-11-14)21-10-9-13-5-4-6-16(19)15(13)12-21/h4-8,11H,9-10,12,19H2,1-3H3. The number of hydrogen-bond acceptors (Lipinski definition) is 3. The average molecular weight is 281 g/mol. The summed E-state index contributed by atoms with van der Waals surface area (Å²) in [7, 11) is 0. The van der Waals surface area contributed by atoms with Crippen molar-refractivity contribution in [3.63, 3.8) is 0 Å². The molecule has 0 fully saturated rings. The van der Waals surface area contributed by atoms with Crippen molar-refractivity contribution >= 4 is 11.5 Å². The Morgan fingerprint density at radius 2 is 1.95 bits per heavy atom. The molecular formula is C18H23N3. The molecular weight excluding hydrogens is 258 g/mol. The molecule has 0 spiro atoms. The van der Waals surface area contributed by atoms with E-state index in [-0.39, 0.29) is 5.41 Å². The number of fused-ring (bicyclic) bond motifs is 1. The molecule has 3 heteroatoms. The average Bonchev–Trinajstić information content (AvgIpc) is 2.47. The molecule has 1 aromatic carbocycles. The van der Waals surface area contributed by atoms with Crippen LogP contribution in [0.1, 0.15) is 37.5 Å². The second-order valence-corrected chi connectivity index (χ2v) is 6.81. The van der Waals surface area contributed by atoms with Gasteiger partial charge in [0.2, 0.25) is 0 Å². The quantitative estimate of drug-likeness (QED) is 0.813. The Morgan fingerprint density at radius 3 is 2.62 bits per heavy atom. The smallest absolute Gasteiger partial charge is 0.128 e. The first kappa shape index (κ1) is 13.9. The van der Waals surface area contributed by atoms with Gasteiger partial charge in [-0.3, -0.25) is 0 Å². The maximum absolute atomic E-state index is 6.12. The summed E-state index contributed by atoms with van der Waals surface area (Å²) in [4.78, 5) is 6.97. The zero-order valence-electron chi connectivity index (χ0n) is 13.1. The predicted molar refractivity (Wildman–Crippen MR) is 88.5 cm³/mol. The van der Waals surface area contributed by atoms with Crippen LogP contribution in [-0.4, -0.2) is 11.5 Å². The topological polar surface area (TPSA) is 42.1 Å². The monoisotopic (exact) mass is 281 g/mol. The van der Waals surface area contributed by atoms with Crippen molar-refractivity contribution in [2.75, 3.05) is 17.2 Å². The normalized spacial score (nSPS) is 14.9. The lowest BCUT2D eigenvalue weighted by Gasteiger charge is -2.31. The third-order valence-corrected chi connectivity index (χ3v) is 4.25. The van der Waals surface area contributed by atoms with E-state index >= 15 is 0 Å². The Labute approximate surface area is 126 Å². The fraction of sp³-hybridized carbons (Fsp3) is 0.389. The summed E-state index contributed by atoms with van der Waals surface area (Å²) in [6.07, 6.45) is 3.03. The van der Waals surface area contributed by atoms with Gasteiger partial charge >= 0.3 is 0 Å². The fourth-order valence-electron chi connectivity index (χ4n) is 2.82. The van der Waals surface area contributed by atoms with E-state index in [1.54, 1.807) is 0 Å². The van der Waals surface area contributed by atoms with E-state index in [0.717, 1.165) is 31.0 Å². The first-order valence-corrected chi connectivity index (χ1v) is 7.53. The van der Waals surface area contributed by atoms with Crippen molar-refractivity contribution in [1.82, 2.24) is 4.98 Å². The van der Waals surface area contributed by atoms with Gasteiger partial charge in [0.05, 0.1) is 0 Å². The third-order valence-electron chi connectivity index (χ3n) is 4.25. The Balaban J connectivity index is 1.85. The first-order valence-electron chi connectivity index (χ1n) is 7.53. The number of pyridine rings is 1. The van der Waals surface area contributed by atoms with E-state index in [9.17, 15) is 0 Å². The van der Waals surface area contributed by atoms with Crippen LogP contribution in [0.25, 0.3) is 0 Å². The van der Waals surface area contributed by atoms with Gasteiger partial charge in [0.25, 0.3) is 0 Å². The number of anilines is 2. The highest BCUT2D eigenvalue weighted by Gasteiger charge is 2.20. The molecule has 0 bridgehead atoms. The molecule has 1 aliphatic heterocycles. The van der Waals surface area contributed by atoms with Crippen LogP contribution < -0.4 is 10.6 Å². The second kappa shape index (κ2) is 5.06. The number of nitrogens with two attached hydrogens (primary N) is 1. The lowest BCUT2D eigenvalue weighted by Crippen LogP contribution is -2.31. The molecule has 1 aliphatic rings. The van der Waals surface area contributed by atoms with Gasteiger partial charge in [-0.05, 0) is 40.7 Å². The second-order valence-electron chi connectivity index (χ2n) is 6.81. The molecule has 0 unspecified atom stereocenters. The Morgan fingerprint density at radius 1 is 1.14 bits per heavy atom. The highest BCUT2D eigenvalue weighted by molar-refractivity contribution is 5.55. The van der Waals surface area contributed by atoms with E-state index in [4.69, 9.17) is 5.73 Å². The van der Waals surface area contributed by atoms with Gasteiger partial charge in [-0.15, -0.1) is 0 Å². The van der Waals surface area contributed by atoms with E-state index in [2.05, 4.69) is 48.9 Å². The third kappa shape index (κ3) is 2.73. The first-order chi connectivity index (χ1) is 9.95. The van der Waals surface area contributed by atoms with Crippen LogP contribution in [0.3, 0.4) is 0 Å². The van der Waals surface area contributed by atoms with Gasteiger partial charge in [0.1, 0.15) is 5.82 Å². The van der Waals surface area contributed by atoms with Crippen molar-refractivity contribution in [3.05, 3.63) is 53.2 Å². The number of nitrogen functional groups attached to an aromatic ring is 1. The molecule has 2 aromatic rings. The van der Waals surface area contributed by atoms with Gasteiger partial charge in [-0.2, -0.15) is 0 Å². The maximum Gasteiger partial charge on any atom is 0.128 e. The molecule has 0 saturated carbocycles. The molecule has 0 aliphatic carbocycles. The summed E-state index contributed by atoms with van der Waals surface area (Å²) < 4.78 is 0. The zero-order chi connectivity index (χ0) is 15.0. The van der Waals surface area contributed by atoms with E-state index in [1.807, 2.05) is 18.3 Å². The van der Waals surface area contributed by atoms with Crippen LogP contribution in [-0.2, 0) is 18.4 Å². The molecule has 2 heterocycles. The van der Waals surface area contributed by atoms with Crippen molar-refractivity contribution in [3.8, 4) is 0 Å². The molecule has 1 aromatic heterocycles. The van der Waals surface area contributed by atoms with Crippen molar-refractivity contribution in [2.45, 2.75) is 39.2 Å². The number of rotatable bonds is 1. The van der Waals surface area contributed by atoms with Crippen LogP contribution in [0.15, 0.2) is 36.5 Å². The number of nitrogens with zero attached hydrogens (tertiary/aromatic N) is 2. The minimum atomic E-state index is 0.143. The largest absolute Gasteiger partial charge is 0.398 e. The Bertz CT molecular complexity index is 639. The van der Waals surface area contributed by atoms with Gasteiger partial charge in [0, 0.05) is 25.0 Å². The summed E-state index contributed by atoms with van der Waals surface area (Å²) in [5.74, 6) is 1.04. The highest BCUT2D eigenvalue weighted by Crippen LogP contribution is 2.28. The number of aromatic nitrogens is 1. The van der Waals surface area contributed by atoms with Crippen molar-refractivity contribution < 1.29 is 0 Å². The molecule has 110 valence electrons. The van der Waals surface area contributed by atoms with Gasteiger partial charge < -0.3 is 10.6 Å². The minimum Gasteiger partial charge on any atom is -0.398 e. The van der Waals surface area contributed by atoms with Crippen molar-refractivity contribution in [1.29, 1.82) is 0 Å². The van der Waals surface area contributed by atoms with Gasteiger partial charge in [0.15, 0.2) is 0 Å². The summed E-state index contributed by atoms with van der Waals surface area (Å²) >= 11 is 0. The molecule has 0 radical (unpaired) electrons. The summed E-state index contributed by atoms with van der Waals surface area (Å²) in [5, 5.41) is 0. The van der Waals surface area contributed by atoms with E-state index in [0.29, 0.717) is 0 Å². The number of hydrogen-bond donors (Lipinski definition) is 1. The predicted octanol–water partition coefficient (Wildman–Crippen LogP) is 3.52. The fourth-order valence-corrected chi connectivity index (χ4v) is 2.82. The van der Waals surface area contributed by atoms with E-state index in [1.165, 1.54) is 16.7 Å². The Hall–Kier alpha value is -2.03. The van der Waals surface area contributed by atoms with E-state index < -0.39 is 0 Å². The van der Waals surface area contributed by atoms with Crippen LogP contribution in [0.4, 0.5) is 11.5 Å². The summed E-state index contributed by atoms with van der Waals surface area (Å²) in [6, 6.07) is 10.5. The van der Waals surface area contributed by atoms with Gasteiger partial charge in [-0.25, -0.2) is 4.98 Å². The highest BCUT2D eigenvalue weighted by atomic mass is 15.2. The van der Waals surface area contributed by atoms with Crippen LogP contribution in [0.2, 0.25) is 0 Å². The molecule has 0 saturated heterocycles. The minimum absolute atomic E-state index is 0.143. The number of benzene rings is 1. The lowest BCUT2D eigenvalue weighted by atomic mass is 9.88. The van der Waals surface area contributed by atoms with Crippen LogP contribution in [0.5, 0.6) is 0 Å². The SMILES string of the molecule is CC(C)(C)c1ccc(N2CCc3cccc(N)c3C2)nc1. The molecule has 0 amide bonds. The van der Waals surface area contributed by atoms with Crippen LogP contribution in [0, 0.1) is 0 Å². The van der Waals surface area contributed by atoms with Gasteiger partial charge in [-0.1, -0.05) is 39.0 Å². The Kier molecular flexibility index (Phi) is 3.36. The summed E-state index contributed by atoms with van der Waals surface area (Å²) in [5.41, 5.74) is 11.0. The summed E-state index contributed by atoms with van der Waals surface area (Å²) in [6.45, 7) is 8.48.